The van der Waals surface area contributed by atoms with Crippen LogP contribution >= 0.6 is 0 Å². The van der Waals surface area contributed by atoms with Gasteiger partial charge in [0.25, 0.3) is 0 Å². The number of hydrogen-bond donors (Lipinski definition) is 1. The van der Waals surface area contributed by atoms with Crippen molar-refractivity contribution in [2.24, 2.45) is 0 Å². The molecule has 4 nitrogen and oxygen atoms in total. The highest BCUT2D eigenvalue weighted by Gasteiger charge is 2.23. The van der Waals surface area contributed by atoms with Gasteiger partial charge < -0.3 is 14.8 Å². The Labute approximate surface area is 119 Å². The molecular formula is C16H21NO3. The molecule has 1 amide bonds. The summed E-state index contributed by atoms with van der Waals surface area (Å²) in [6, 6.07) is 8.45. The number of rotatable bonds is 5. The van der Waals surface area contributed by atoms with Gasteiger partial charge in [0, 0.05) is 6.61 Å². The van der Waals surface area contributed by atoms with Gasteiger partial charge in [0.05, 0.1) is 18.8 Å². The Kier molecular flexibility index (Phi) is 4.33. The maximum absolute atomic E-state index is 11.9. The van der Waals surface area contributed by atoms with Crippen LogP contribution in [0.15, 0.2) is 24.3 Å². The van der Waals surface area contributed by atoms with Gasteiger partial charge in [-0.25, -0.2) is 0 Å². The molecule has 1 N–H and O–H groups in total. The molecule has 0 spiro atoms. The highest BCUT2D eigenvalue weighted by Crippen LogP contribution is 2.30. The predicted octanol–water partition coefficient (Wildman–Crippen LogP) is 1.99. The van der Waals surface area contributed by atoms with Crippen molar-refractivity contribution in [1.82, 2.24) is 5.32 Å². The first kappa shape index (κ1) is 13.6. The molecule has 1 aromatic carbocycles. The van der Waals surface area contributed by atoms with Gasteiger partial charge >= 0.3 is 0 Å². The number of hydrogen-bond acceptors (Lipinski definition) is 3. The minimum atomic E-state index is -0.0373. The number of carbonyl (C=O) groups is 1. The molecule has 3 rings (SSSR count). The number of aryl methyl sites for hydroxylation is 1. The number of fused-ring (bicyclic) bond motifs is 1. The summed E-state index contributed by atoms with van der Waals surface area (Å²) in [6.07, 6.45) is 4.33. The SMILES string of the molecule is O=C(COCC1CCCO1)NC1CCc2ccccc21. The summed E-state index contributed by atoms with van der Waals surface area (Å²) in [6.45, 7) is 1.46. The van der Waals surface area contributed by atoms with E-state index in [0.717, 1.165) is 32.3 Å². The van der Waals surface area contributed by atoms with Crippen molar-refractivity contribution >= 4 is 5.91 Å². The molecule has 1 aliphatic heterocycles. The van der Waals surface area contributed by atoms with Gasteiger partial charge in [0.15, 0.2) is 0 Å². The first-order valence-corrected chi connectivity index (χ1v) is 7.39. The zero-order valence-electron chi connectivity index (χ0n) is 11.6. The van der Waals surface area contributed by atoms with Crippen LogP contribution in [-0.2, 0) is 20.7 Å². The summed E-state index contributed by atoms with van der Waals surface area (Å²) in [4.78, 5) is 11.9. The maximum Gasteiger partial charge on any atom is 0.246 e. The van der Waals surface area contributed by atoms with Gasteiger partial charge in [-0.15, -0.1) is 0 Å². The second-order valence-corrected chi connectivity index (χ2v) is 5.51. The van der Waals surface area contributed by atoms with E-state index in [4.69, 9.17) is 9.47 Å². The van der Waals surface area contributed by atoms with Crippen LogP contribution in [-0.4, -0.2) is 31.8 Å². The Morgan fingerprint density at radius 3 is 3.10 bits per heavy atom. The predicted molar refractivity (Wildman–Crippen MR) is 75.4 cm³/mol. The minimum absolute atomic E-state index is 0.0373. The second kappa shape index (κ2) is 6.37. The lowest BCUT2D eigenvalue weighted by molar-refractivity contribution is -0.127. The molecule has 108 valence electrons. The lowest BCUT2D eigenvalue weighted by Gasteiger charge is -2.15. The van der Waals surface area contributed by atoms with Crippen LogP contribution in [0.5, 0.6) is 0 Å². The minimum Gasteiger partial charge on any atom is -0.376 e. The summed E-state index contributed by atoms with van der Waals surface area (Å²) in [5.41, 5.74) is 2.60. The normalized spacial score (nSPS) is 24.6. The highest BCUT2D eigenvalue weighted by molar-refractivity contribution is 5.77. The van der Waals surface area contributed by atoms with Gasteiger partial charge in [-0.1, -0.05) is 24.3 Å². The number of ether oxygens (including phenoxy) is 2. The van der Waals surface area contributed by atoms with Gasteiger partial charge in [-0.2, -0.15) is 0 Å². The highest BCUT2D eigenvalue weighted by atomic mass is 16.5. The van der Waals surface area contributed by atoms with Crippen LogP contribution in [0.1, 0.15) is 36.4 Å². The van der Waals surface area contributed by atoms with Crippen LogP contribution in [0.4, 0.5) is 0 Å². The fourth-order valence-corrected chi connectivity index (χ4v) is 3.00. The van der Waals surface area contributed by atoms with E-state index in [1.807, 2.05) is 12.1 Å². The molecule has 1 aromatic rings. The monoisotopic (exact) mass is 275 g/mol. The van der Waals surface area contributed by atoms with Crippen molar-refractivity contribution in [3.63, 3.8) is 0 Å². The third-order valence-corrected chi connectivity index (χ3v) is 4.03. The van der Waals surface area contributed by atoms with E-state index in [-0.39, 0.29) is 24.7 Å². The summed E-state index contributed by atoms with van der Waals surface area (Å²) < 4.78 is 10.9. The largest absolute Gasteiger partial charge is 0.376 e. The molecule has 0 saturated carbocycles. The summed E-state index contributed by atoms with van der Waals surface area (Å²) in [5.74, 6) is -0.0373. The van der Waals surface area contributed by atoms with Crippen molar-refractivity contribution in [2.75, 3.05) is 19.8 Å². The van der Waals surface area contributed by atoms with Crippen molar-refractivity contribution in [2.45, 2.75) is 37.8 Å². The molecule has 0 bridgehead atoms. The third-order valence-electron chi connectivity index (χ3n) is 4.03. The van der Waals surface area contributed by atoms with Crippen molar-refractivity contribution in [3.8, 4) is 0 Å². The van der Waals surface area contributed by atoms with Crippen LogP contribution in [0, 0.1) is 0 Å². The summed E-state index contributed by atoms with van der Waals surface area (Å²) in [7, 11) is 0. The number of benzene rings is 1. The Morgan fingerprint density at radius 1 is 1.35 bits per heavy atom. The zero-order chi connectivity index (χ0) is 13.8. The molecule has 2 aliphatic rings. The Balaban J connectivity index is 1.43. The van der Waals surface area contributed by atoms with Gasteiger partial charge in [-0.05, 0) is 36.8 Å². The molecule has 1 aliphatic carbocycles. The Hall–Kier alpha value is -1.39. The first-order chi connectivity index (χ1) is 9.83. The number of amides is 1. The van der Waals surface area contributed by atoms with Crippen LogP contribution < -0.4 is 5.32 Å². The van der Waals surface area contributed by atoms with Crippen LogP contribution in [0.2, 0.25) is 0 Å². The van der Waals surface area contributed by atoms with Crippen molar-refractivity contribution < 1.29 is 14.3 Å². The molecule has 4 heteroatoms. The van der Waals surface area contributed by atoms with E-state index in [0.29, 0.717) is 6.61 Å². The van der Waals surface area contributed by atoms with Gasteiger partial charge in [-0.3, -0.25) is 4.79 Å². The van der Waals surface area contributed by atoms with E-state index < -0.39 is 0 Å². The van der Waals surface area contributed by atoms with E-state index in [2.05, 4.69) is 17.4 Å². The van der Waals surface area contributed by atoms with Crippen LogP contribution in [0.25, 0.3) is 0 Å². The molecule has 20 heavy (non-hydrogen) atoms. The molecule has 0 aromatic heterocycles. The zero-order valence-corrected chi connectivity index (χ0v) is 11.6. The fraction of sp³-hybridized carbons (Fsp3) is 0.562. The summed E-state index contributed by atoms with van der Waals surface area (Å²) >= 11 is 0. The van der Waals surface area contributed by atoms with Crippen molar-refractivity contribution in [3.05, 3.63) is 35.4 Å². The average Bonchev–Trinajstić information content (AvgIpc) is 3.09. The molecule has 2 unspecified atom stereocenters. The first-order valence-electron chi connectivity index (χ1n) is 7.39. The number of nitrogens with one attached hydrogen (secondary N) is 1. The molecule has 1 fully saturated rings. The lowest BCUT2D eigenvalue weighted by atomic mass is 10.1. The Morgan fingerprint density at radius 2 is 2.25 bits per heavy atom. The molecule has 1 saturated heterocycles. The van der Waals surface area contributed by atoms with Crippen molar-refractivity contribution in [1.29, 1.82) is 0 Å². The average molecular weight is 275 g/mol. The smallest absolute Gasteiger partial charge is 0.246 e. The standard InChI is InChI=1S/C16H21NO3/c18-16(11-19-10-13-5-3-9-20-13)17-15-8-7-12-4-1-2-6-14(12)15/h1-2,4,6,13,15H,3,5,7-11H2,(H,17,18). The number of carbonyl (C=O) groups excluding carboxylic acids is 1. The molecule has 2 atom stereocenters. The lowest BCUT2D eigenvalue weighted by Crippen LogP contribution is -2.31. The third kappa shape index (κ3) is 3.19. The van der Waals surface area contributed by atoms with E-state index in [9.17, 15) is 4.79 Å². The molecule has 1 heterocycles. The second-order valence-electron chi connectivity index (χ2n) is 5.51. The maximum atomic E-state index is 11.9. The quantitative estimate of drug-likeness (QED) is 0.894. The van der Waals surface area contributed by atoms with E-state index in [1.54, 1.807) is 0 Å². The molecular weight excluding hydrogens is 254 g/mol. The topological polar surface area (TPSA) is 47.6 Å². The van der Waals surface area contributed by atoms with Gasteiger partial charge in [0.1, 0.15) is 6.61 Å². The Bertz CT molecular complexity index is 469. The fourth-order valence-electron chi connectivity index (χ4n) is 3.00. The van der Waals surface area contributed by atoms with Gasteiger partial charge in [0.2, 0.25) is 5.91 Å². The summed E-state index contributed by atoms with van der Waals surface area (Å²) in [5, 5.41) is 3.06. The van der Waals surface area contributed by atoms with E-state index in [1.165, 1.54) is 11.1 Å². The van der Waals surface area contributed by atoms with E-state index >= 15 is 0 Å². The van der Waals surface area contributed by atoms with Crippen LogP contribution in [0.3, 0.4) is 0 Å². The molecule has 0 radical (unpaired) electrons.